The third kappa shape index (κ3) is 3.59. The van der Waals surface area contributed by atoms with Crippen LogP contribution in [0.1, 0.15) is 33.7 Å². The molecule has 2 aromatic rings. The SMILES string of the molecule is CCN(CC)c1nc(N)nc(Oc2cnn(C(C)C)c2)n1. The molecule has 0 unspecified atom stereocenters. The van der Waals surface area contributed by atoms with Crippen LogP contribution in [0, 0.1) is 0 Å². The third-order valence-corrected chi connectivity index (χ3v) is 2.98. The van der Waals surface area contributed by atoms with Crippen molar-refractivity contribution < 1.29 is 4.74 Å². The predicted octanol–water partition coefficient (Wildman–Crippen LogP) is 1.87. The molecule has 0 aromatic carbocycles. The topological polar surface area (TPSA) is 95.0 Å². The molecule has 8 heteroatoms. The van der Waals surface area contributed by atoms with Gasteiger partial charge in [-0.15, -0.1) is 0 Å². The molecule has 2 heterocycles. The number of rotatable bonds is 6. The average molecular weight is 291 g/mol. The van der Waals surface area contributed by atoms with E-state index in [1.54, 1.807) is 17.1 Å². The molecule has 0 bridgehead atoms. The summed E-state index contributed by atoms with van der Waals surface area (Å²) in [7, 11) is 0. The van der Waals surface area contributed by atoms with Gasteiger partial charge in [0.15, 0.2) is 5.75 Å². The van der Waals surface area contributed by atoms with E-state index in [2.05, 4.69) is 20.1 Å². The first-order chi connectivity index (χ1) is 10.0. The summed E-state index contributed by atoms with van der Waals surface area (Å²) in [5, 5.41) is 4.20. The Bertz CT molecular complexity index is 592. The van der Waals surface area contributed by atoms with Crippen molar-refractivity contribution in [3.8, 4) is 11.8 Å². The van der Waals surface area contributed by atoms with Crippen molar-refractivity contribution in [1.29, 1.82) is 0 Å². The van der Waals surface area contributed by atoms with E-state index in [4.69, 9.17) is 10.5 Å². The fourth-order valence-corrected chi connectivity index (χ4v) is 1.82. The number of anilines is 2. The minimum Gasteiger partial charge on any atom is -0.421 e. The van der Waals surface area contributed by atoms with Crippen molar-refractivity contribution >= 4 is 11.9 Å². The highest BCUT2D eigenvalue weighted by molar-refractivity contribution is 5.36. The van der Waals surface area contributed by atoms with E-state index >= 15 is 0 Å². The van der Waals surface area contributed by atoms with Crippen molar-refractivity contribution in [3.63, 3.8) is 0 Å². The highest BCUT2D eigenvalue weighted by atomic mass is 16.5. The van der Waals surface area contributed by atoms with Crippen molar-refractivity contribution in [2.24, 2.45) is 0 Å². The summed E-state index contributed by atoms with van der Waals surface area (Å²) < 4.78 is 7.41. The minimum absolute atomic E-state index is 0.137. The maximum Gasteiger partial charge on any atom is 0.328 e. The Morgan fingerprint density at radius 1 is 1.24 bits per heavy atom. The molecular formula is C13H21N7O. The number of nitrogen functional groups attached to an aromatic ring is 1. The third-order valence-electron chi connectivity index (χ3n) is 2.98. The zero-order valence-corrected chi connectivity index (χ0v) is 12.8. The van der Waals surface area contributed by atoms with Gasteiger partial charge in [0.05, 0.1) is 12.4 Å². The monoisotopic (exact) mass is 291 g/mol. The average Bonchev–Trinajstić information content (AvgIpc) is 2.88. The van der Waals surface area contributed by atoms with E-state index in [1.165, 1.54) is 0 Å². The van der Waals surface area contributed by atoms with Crippen molar-refractivity contribution in [2.45, 2.75) is 33.7 Å². The summed E-state index contributed by atoms with van der Waals surface area (Å²) in [5.74, 6) is 1.22. The molecule has 0 fully saturated rings. The van der Waals surface area contributed by atoms with Gasteiger partial charge in [-0.25, -0.2) is 0 Å². The van der Waals surface area contributed by atoms with Gasteiger partial charge in [-0.3, -0.25) is 4.68 Å². The molecule has 2 N–H and O–H groups in total. The molecule has 21 heavy (non-hydrogen) atoms. The molecule has 0 spiro atoms. The van der Waals surface area contributed by atoms with Crippen LogP contribution < -0.4 is 15.4 Å². The Hall–Kier alpha value is -2.38. The van der Waals surface area contributed by atoms with Crippen LogP contribution in [0.25, 0.3) is 0 Å². The van der Waals surface area contributed by atoms with Gasteiger partial charge in [0.2, 0.25) is 11.9 Å². The molecule has 0 saturated carbocycles. The van der Waals surface area contributed by atoms with Crippen LogP contribution in [-0.4, -0.2) is 37.8 Å². The molecule has 2 rings (SSSR count). The molecule has 0 atom stereocenters. The summed E-state index contributed by atoms with van der Waals surface area (Å²) in [6.45, 7) is 9.69. The highest BCUT2D eigenvalue weighted by Crippen LogP contribution is 2.20. The van der Waals surface area contributed by atoms with Gasteiger partial charge >= 0.3 is 6.01 Å². The lowest BCUT2D eigenvalue weighted by atomic mass is 10.4. The number of hydrogen-bond acceptors (Lipinski definition) is 7. The zero-order chi connectivity index (χ0) is 15.4. The number of aromatic nitrogens is 5. The first-order valence-electron chi connectivity index (χ1n) is 7.02. The van der Waals surface area contributed by atoms with Gasteiger partial charge in [-0.05, 0) is 27.7 Å². The maximum atomic E-state index is 5.72. The molecule has 0 saturated heterocycles. The van der Waals surface area contributed by atoms with Crippen LogP contribution in [0.5, 0.6) is 11.8 Å². The molecule has 0 aliphatic rings. The van der Waals surface area contributed by atoms with E-state index < -0.39 is 0 Å². The van der Waals surface area contributed by atoms with Crippen molar-refractivity contribution in [2.75, 3.05) is 23.7 Å². The lowest BCUT2D eigenvalue weighted by Crippen LogP contribution is -2.25. The highest BCUT2D eigenvalue weighted by Gasteiger charge is 2.12. The summed E-state index contributed by atoms with van der Waals surface area (Å²) in [5.41, 5.74) is 5.72. The number of ether oxygens (including phenoxy) is 1. The lowest BCUT2D eigenvalue weighted by molar-refractivity contribution is 0.437. The Morgan fingerprint density at radius 2 is 1.95 bits per heavy atom. The molecule has 114 valence electrons. The van der Waals surface area contributed by atoms with E-state index in [0.29, 0.717) is 11.7 Å². The van der Waals surface area contributed by atoms with Crippen LogP contribution >= 0.6 is 0 Å². The molecule has 2 aromatic heterocycles. The van der Waals surface area contributed by atoms with E-state index in [-0.39, 0.29) is 18.0 Å². The zero-order valence-electron chi connectivity index (χ0n) is 12.8. The lowest BCUT2D eigenvalue weighted by Gasteiger charge is -2.18. The van der Waals surface area contributed by atoms with Crippen LogP contribution in [-0.2, 0) is 0 Å². The molecule has 0 aliphatic heterocycles. The fraction of sp³-hybridized carbons (Fsp3) is 0.538. The van der Waals surface area contributed by atoms with Crippen LogP contribution in [0.2, 0.25) is 0 Å². The minimum atomic E-state index is 0.137. The van der Waals surface area contributed by atoms with Gasteiger partial charge in [-0.2, -0.15) is 20.1 Å². The summed E-state index contributed by atoms with van der Waals surface area (Å²) in [4.78, 5) is 14.4. The van der Waals surface area contributed by atoms with E-state index in [9.17, 15) is 0 Å². The molecule has 0 radical (unpaired) electrons. The van der Waals surface area contributed by atoms with Crippen LogP contribution in [0.15, 0.2) is 12.4 Å². The molecule has 0 aliphatic carbocycles. The molecule has 0 amide bonds. The first kappa shape index (κ1) is 15.0. The second kappa shape index (κ2) is 6.38. The van der Waals surface area contributed by atoms with Crippen molar-refractivity contribution in [1.82, 2.24) is 24.7 Å². The Kier molecular flexibility index (Phi) is 4.56. The standard InChI is InChI=1S/C13H21N7O/c1-5-19(6-2)12-16-11(14)17-13(18-12)21-10-7-15-20(8-10)9(3)4/h7-9H,5-6H2,1-4H3,(H2,14,16,17,18). The van der Waals surface area contributed by atoms with Gasteiger partial charge in [0.25, 0.3) is 0 Å². The fourth-order valence-electron chi connectivity index (χ4n) is 1.82. The van der Waals surface area contributed by atoms with Crippen LogP contribution in [0.3, 0.4) is 0 Å². The predicted molar refractivity (Wildman–Crippen MR) is 80.5 cm³/mol. The van der Waals surface area contributed by atoms with Gasteiger partial charge in [-0.1, -0.05) is 0 Å². The van der Waals surface area contributed by atoms with E-state index in [0.717, 1.165) is 13.1 Å². The maximum absolute atomic E-state index is 5.72. The number of hydrogen-bond donors (Lipinski definition) is 1. The Labute approximate surface area is 124 Å². The smallest absolute Gasteiger partial charge is 0.328 e. The van der Waals surface area contributed by atoms with Crippen LogP contribution in [0.4, 0.5) is 11.9 Å². The van der Waals surface area contributed by atoms with E-state index in [1.807, 2.05) is 32.6 Å². The van der Waals surface area contributed by atoms with Gasteiger partial charge in [0, 0.05) is 19.1 Å². The van der Waals surface area contributed by atoms with Gasteiger partial charge < -0.3 is 15.4 Å². The number of nitrogens with zero attached hydrogens (tertiary/aromatic N) is 6. The quantitative estimate of drug-likeness (QED) is 0.868. The summed E-state index contributed by atoms with van der Waals surface area (Å²) in [6.07, 6.45) is 3.42. The van der Waals surface area contributed by atoms with Crippen molar-refractivity contribution in [3.05, 3.63) is 12.4 Å². The Morgan fingerprint density at radius 3 is 2.52 bits per heavy atom. The summed E-state index contributed by atoms with van der Waals surface area (Å²) >= 11 is 0. The van der Waals surface area contributed by atoms with Gasteiger partial charge in [0.1, 0.15) is 0 Å². The number of nitrogens with two attached hydrogens (primary N) is 1. The molecular weight excluding hydrogens is 270 g/mol. The Balaban J connectivity index is 2.22. The largest absolute Gasteiger partial charge is 0.421 e. The second-order valence-electron chi connectivity index (χ2n) is 4.80. The second-order valence-corrected chi connectivity index (χ2v) is 4.80. The normalized spacial score (nSPS) is 10.9. The first-order valence-corrected chi connectivity index (χ1v) is 7.02. The molecule has 8 nitrogen and oxygen atoms in total. The summed E-state index contributed by atoms with van der Waals surface area (Å²) in [6, 6.07) is 0.435.